The number of likely N-dealkylation sites (N-methyl/N-ethyl adjacent to an activating group) is 1. The molecule has 2 nitrogen and oxygen atoms in total. The van der Waals surface area contributed by atoms with Gasteiger partial charge in [0.05, 0.1) is 0 Å². The van der Waals surface area contributed by atoms with E-state index in [9.17, 15) is 0 Å². The summed E-state index contributed by atoms with van der Waals surface area (Å²) in [6.45, 7) is 4.51. The SMILES string of the molecule is CCN(CC1CCC2CCCCC2N1)c1ccccc1. The molecule has 2 aliphatic rings. The zero-order valence-corrected chi connectivity index (χ0v) is 12.7. The Morgan fingerprint density at radius 2 is 1.85 bits per heavy atom. The lowest BCUT2D eigenvalue weighted by atomic mass is 9.77. The molecule has 1 saturated carbocycles. The fraction of sp³-hybridized carbons (Fsp3) is 0.667. The molecule has 0 bridgehead atoms. The van der Waals surface area contributed by atoms with Crippen LogP contribution in [0.4, 0.5) is 5.69 Å². The van der Waals surface area contributed by atoms with E-state index in [2.05, 4.69) is 47.5 Å². The molecule has 3 atom stereocenters. The first kappa shape index (κ1) is 13.9. The van der Waals surface area contributed by atoms with Crippen molar-refractivity contribution < 1.29 is 0 Å². The van der Waals surface area contributed by atoms with Crippen molar-refractivity contribution in [3.63, 3.8) is 0 Å². The third kappa shape index (κ3) is 3.17. The lowest BCUT2D eigenvalue weighted by Gasteiger charge is -2.42. The zero-order valence-electron chi connectivity index (χ0n) is 12.7. The first-order chi connectivity index (χ1) is 9.86. The van der Waals surface area contributed by atoms with Crippen LogP contribution in [0.25, 0.3) is 0 Å². The molecule has 2 fully saturated rings. The number of nitrogens with one attached hydrogen (secondary N) is 1. The van der Waals surface area contributed by atoms with Crippen LogP contribution < -0.4 is 10.2 Å². The molecule has 3 unspecified atom stereocenters. The fourth-order valence-electron chi connectivity index (χ4n) is 4.04. The second-order valence-corrected chi connectivity index (χ2v) is 6.47. The maximum absolute atomic E-state index is 3.95. The summed E-state index contributed by atoms with van der Waals surface area (Å²) < 4.78 is 0. The monoisotopic (exact) mass is 272 g/mol. The quantitative estimate of drug-likeness (QED) is 0.896. The highest BCUT2D eigenvalue weighted by Crippen LogP contribution is 2.32. The van der Waals surface area contributed by atoms with E-state index >= 15 is 0 Å². The highest BCUT2D eigenvalue weighted by Gasteiger charge is 2.31. The lowest BCUT2D eigenvalue weighted by molar-refractivity contribution is 0.177. The number of benzene rings is 1. The van der Waals surface area contributed by atoms with Gasteiger partial charge in [0.2, 0.25) is 0 Å². The van der Waals surface area contributed by atoms with Gasteiger partial charge in [0.25, 0.3) is 0 Å². The Hall–Kier alpha value is -1.02. The van der Waals surface area contributed by atoms with Crippen molar-refractivity contribution in [3.8, 4) is 0 Å². The van der Waals surface area contributed by atoms with E-state index in [0.717, 1.165) is 25.0 Å². The molecular weight excluding hydrogens is 244 g/mol. The van der Waals surface area contributed by atoms with E-state index in [1.165, 1.54) is 44.2 Å². The smallest absolute Gasteiger partial charge is 0.0366 e. The summed E-state index contributed by atoms with van der Waals surface area (Å²) in [5.74, 6) is 0.965. The third-order valence-corrected chi connectivity index (χ3v) is 5.19. The Kier molecular flexibility index (Phi) is 4.62. The van der Waals surface area contributed by atoms with Gasteiger partial charge in [-0.05, 0) is 50.7 Å². The molecule has 20 heavy (non-hydrogen) atoms. The first-order valence-corrected chi connectivity index (χ1v) is 8.43. The summed E-state index contributed by atoms with van der Waals surface area (Å²) in [5, 5.41) is 3.95. The Labute approximate surface area is 123 Å². The summed E-state index contributed by atoms with van der Waals surface area (Å²) in [4.78, 5) is 2.51. The number of hydrogen-bond acceptors (Lipinski definition) is 2. The third-order valence-electron chi connectivity index (χ3n) is 5.19. The number of para-hydroxylation sites is 1. The van der Waals surface area contributed by atoms with E-state index in [0.29, 0.717) is 6.04 Å². The van der Waals surface area contributed by atoms with Gasteiger partial charge in [0.15, 0.2) is 0 Å². The van der Waals surface area contributed by atoms with Crippen LogP contribution in [0.2, 0.25) is 0 Å². The summed E-state index contributed by atoms with van der Waals surface area (Å²) in [7, 11) is 0. The van der Waals surface area contributed by atoms with Gasteiger partial charge in [-0.1, -0.05) is 31.0 Å². The largest absolute Gasteiger partial charge is 0.370 e. The van der Waals surface area contributed by atoms with Crippen LogP contribution in [0, 0.1) is 5.92 Å². The second kappa shape index (κ2) is 6.62. The van der Waals surface area contributed by atoms with Crippen LogP contribution in [0.3, 0.4) is 0 Å². The van der Waals surface area contributed by atoms with E-state index in [-0.39, 0.29) is 0 Å². The maximum Gasteiger partial charge on any atom is 0.0366 e. The fourth-order valence-corrected chi connectivity index (χ4v) is 4.04. The maximum atomic E-state index is 3.95. The number of nitrogens with zero attached hydrogens (tertiary/aromatic N) is 1. The van der Waals surface area contributed by atoms with Crippen LogP contribution in [0.1, 0.15) is 45.4 Å². The molecule has 0 amide bonds. The number of fused-ring (bicyclic) bond motifs is 1. The van der Waals surface area contributed by atoms with Crippen molar-refractivity contribution in [2.24, 2.45) is 5.92 Å². The molecule has 1 aromatic rings. The Balaban J connectivity index is 1.59. The van der Waals surface area contributed by atoms with Crippen LogP contribution in [-0.2, 0) is 0 Å². The Morgan fingerprint density at radius 1 is 1.05 bits per heavy atom. The van der Waals surface area contributed by atoms with Gasteiger partial charge in [-0.3, -0.25) is 0 Å². The summed E-state index contributed by atoms with van der Waals surface area (Å²) in [6.07, 6.45) is 8.54. The average Bonchev–Trinajstić information content (AvgIpc) is 2.53. The number of rotatable bonds is 4. The average molecular weight is 272 g/mol. The van der Waals surface area contributed by atoms with E-state index in [1.54, 1.807) is 0 Å². The minimum Gasteiger partial charge on any atom is -0.370 e. The molecule has 1 N–H and O–H groups in total. The molecular formula is C18H28N2. The highest BCUT2D eigenvalue weighted by molar-refractivity contribution is 5.46. The van der Waals surface area contributed by atoms with Gasteiger partial charge in [0.1, 0.15) is 0 Å². The van der Waals surface area contributed by atoms with E-state index in [1.807, 2.05) is 0 Å². The van der Waals surface area contributed by atoms with Crippen LogP contribution >= 0.6 is 0 Å². The van der Waals surface area contributed by atoms with Gasteiger partial charge < -0.3 is 10.2 Å². The minimum absolute atomic E-state index is 0.675. The van der Waals surface area contributed by atoms with Crippen LogP contribution in [0.5, 0.6) is 0 Å². The van der Waals surface area contributed by atoms with E-state index in [4.69, 9.17) is 0 Å². The molecule has 1 saturated heterocycles. The van der Waals surface area contributed by atoms with Crippen molar-refractivity contribution in [1.29, 1.82) is 0 Å². The molecule has 0 aromatic heterocycles. The van der Waals surface area contributed by atoms with Gasteiger partial charge >= 0.3 is 0 Å². The topological polar surface area (TPSA) is 15.3 Å². The van der Waals surface area contributed by atoms with Gasteiger partial charge in [0, 0.05) is 30.9 Å². The number of hydrogen-bond donors (Lipinski definition) is 1. The van der Waals surface area contributed by atoms with Gasteiger partial charge in [-0.2, -0.15) is 0 Å². The van der Waals surface area contributed by atoms with Crippen LogP contribution in [0.15, 0.2) is 30.3 Å². The van der Waals surface area contributed by atoms with Crippen LogP contribution in [-0.4, -0.2) is 25.2 Å². The highest BCUT2D eigenvalue weighted by atomic mass is 15.2. The molecule has 2 heteroatoms. The van der Waals surface area contributed by atoms with Crippen molar-refractivity contribution >= 4 is 5.69 Å². The zero-order chi connectivity index (χ0) is 13.8. The van der Waals surface area contributed by atoms with Crippen molar-refractivity contribution in [1.82, 2.24) is 5.32 Å². The molecule has 0 spiro atoms. The first-order valence-electron chi connectivity index (χ1n) is 8.43. The Bertz CT molecular complexity index is 403. The Morgan fingerprint density at radius 3 is 2.65 bits per heavy atom. The van der Waals surface area contributed by atoms with Gasteiger partial charge in [-0.25, -0.2) is 0 Å². The summed E-state index contributed by atoms with van der Waals surface area (Å²) in [5.41, 5.74) is 1.36. The molecule has 1 aliphatic heterocycles. The van der Waals surface area contributed by atoms with Crippen molar-refractivity contribution in [3.05, 3.63) is 30.3 Å². The molecule has 3 rings (SSSR count). The number of piperidine rings is 1. The summed E-state index contributed by atoms with van der Waals surface area (Å²) in [6, 6.07) is 12.3. The standard InChI is InChI=1S/C18H28N2/c1-2-20(17-9-4-3-5-10-17)14-16-13-12-15-8-6-7-11-18(15)19-16/h3-5,9-10,15-16,18-19H,2,6-8,11-14H2,1H3. The minimum atomic E-state index is 0.675. The molecule has 0 radical (unpaired) electrons. The summed E-state index contributed by atoms with van der Waals surface area (Å²) >= 11 is 0. The second-order valence-electron chi connectivity index (χ2n) is 6.47. The number of anilines is 1. The predicted molar refractivity (Wildman–Crippen MR) is 86.2 cm³/mol. The normalized spacial score (nSPS) is 29.8. The molecule has 1 aromatic carbocycles. The molecule has 110 valence electrons. The van der Waals surface area contributed by atoms with Gasteiger partial charge in [-0.15, -0.1) is 0 Å². The predicted octanol–water partition coefficient (Wildman–Crippen LogP) is 3.82. The van der Waals surface area contributed by atoms with Crippen molar-refractivity contribution in [2.45, 2.75) is 57.5 Å². The van der Waals surface area contributed by atoms with Crippen molar-refractivity contribution in [2.75, 3.05) is 18.0 Å². The molecule has 1 aliphatic carbocycles. The lowest BCUT2D eigenvalue weighted by Crippen LogP contribution is -2.53. The van der Waals surface area contributed by atoms with E-state index < -0.39 is 0 Å². The molecule has 1 heterocycles.